The molecule has 0 bridgehead atoms. The van der Waals surface area contributed by atoms with E-state index in [0.29, 0.717) is 0 Å². The van der Waals surface area contributed by atoms with Gasteiger partial charge in [-0.3, -0.25) is 4.79 Å². The van der Waals surface area contributed by atoms with E-state index in [1.54, 1.807) is 0 Å². The van der Waals surface area contributed by atoms with E-state index in [0.717, 1.165) is 6.07 Å². The lowest BCUT2D eigenvalue weighted by molar-refractivity contribution is -0.175. The largest absolute Gasteiger partial charge is 0.480 e. The van der Waals surface area contributed by atoms with Crippen LogP contribution in [-0.2, 0) is 16.0 Å². The summed E-state index contributed by atoms with van der Waals surface area (Å²) in [7, 11) is 0. The van der Waals surface area contributed by atoms with Crippen LogP contribution in [0.15, 0.2) is 18.2 Å². The smallest absolute Gasteiger partial charge is 0.471 e. The van der Waals surface area contributed by atoms with Crippen LogP contribution in [0, 0.1) is 5.82 Å². The first-order valence-corrected chi connectivity index (χ1v) is 5.54. The molecule has 1 unspecified atom stereocenters. The minimum atomic E-state index is -5.23. The quantitative estimate of drug-likeness (QED) is 0.837. The Bertz CT molecular complexity index is 513. The molecule has 0 radical (unpaired) electrons. The molecule has 0 aliphatic carbocycles. The molecule has 0 heterocycles. The lowest BCUT2D eigenvalue weighted by atomic mass is 10.1. The summed E-state index contributed by atoms with van der Waals surface area (Å²) >= 11 is 5.64. The summed E-state index contributed by atoms with van der Waals surface area (Å²) in [6.45, 7) is 0. The van der Waals surface area contributed by atoms with Crippen LogP contribution < -0.4 is 5.32 Å². The van der Waals surface area contributed by atoms with Crippen LogP contribution in [0.1, 0.15) is 5.56 Å². The second-order valence-corrected chi connectivity index (χ2v) is 4.17. The zero-order valence-electron chi connectivity index (χ0n) is 9.67. The third-order valence-corrected chi connectivity index (χ3v) is 2.68. The van der Waals surface area contributed by atoms with Crippen molar-refractivity contribution < 1.29 is 32.3 Å². The lowest BCUT2D eigenvalue weighted by Gasteiger charge is -2.16. The van der Waals surface area contributed by atoms with Crippen molar-refractivity contribution in [1.82, 2.24) is 5.32 Å². The zero-order chi connectivity index (χ0) is 15.5. The van der Waals surface area contributed by atoms with Crippen LogP contribution in [0.3, 0.4) is 0 Å². The SMILES string of the molecule is O=C(O)C(Cc1c(F)cccc1Cl)NC(=O)C(F)(F)F. The second kappa shape index (κ2) is 6.08. The van der Waals surface area contributed by atoms with Crippen molar-refractivity contribution >= 4 is 23.5 Å². The van der Waals surface area contributed by atoms with Crippen molar-refractivity contribution in [1.29, 1.82) is 0 Å². The molecule has 2 N–H and O–H groups in total. The number of halogens is 5. The maximum absolute atomic E-state index is 13.4. The van der Waals surface area contributed by atoms with Gasteiger partial charge in [0, 0.05) is 17.0 Å². The number of hydrogen-bond acceptors (Lipinski definition) is 2. The van der Waals surface area contributed by atoms with Gasteiger partial charge in [-0.05, 0) is 12.1 Å². The summed E-state index contributed by atoms with van der Waals surface area (Å²) in [6.07, 6.45) is -5.94. The summed E-state index contributed by atoms with van der Waals surface area (Å²) in [5.41, 5.74) is -0.288. The highest BCUT2D eigenvalue weighted by molar-refractivity contribution is 6.31. The molecule has 1 atom stereocenters. The Kier molecular flexibility index (Phi) is 4.93. The van der Waals surface area contributed by atoms with E-state index in [1.165, 1.54) is 17.4 Å². The van der Waals surface area contributed by atoms with Gasteiger partial charge in [0.05, 0.1) is 0 Å². The summed E-state index contributed by atoms with van der Waals surface area (Å²) in [5.74, 6) is -5.02. The van der Waals surface area contributed by atoms with E-state index in [2.05, 4.69) is 0 Å². The highest BCUT2D eigenvalue weighted by Gasteiger charge is 2.41. The lowest BCUT2D eigenvalue weighted by Crippen LogP contribution is -2.48. The van der Waals surface area contributed by atoms with Gasteiger partial charge in [0.2, 0.25) is 0 Å². The predicted octanol–water partition coefficient (Wildman–Crippen LogP) is 2.15. The topological polar surface area (TPSA) is 66.4 Å². The normalized spacial score (nSPS) is 12.8. The van der Waals surface area contributed by atoms with Crippen molar-refractivity contribution in [3.63, 3.8) is 0 Å². The van der Waals surface area contributed by atoms with E-state index < -0.39 is 36.3 Å². The van der Waals surface area contributed by atoms with Crippen LogP contribution in [0.4, 0.5) is 17.6 Å². The molecule has 0 aliphatic rings. The minimum Gasteiger partial charge on any atom is -0.480 e. The van der Waals surface area contributed by atoms with Gasteiger partial charge >= 0.3 is 18.1 Å². The maximum Gasteiger partial charge on any atom is 0.471 e. The van der Waals surface area contributed by atoms with Crippen molar-refractivity contribution in [2.75, 3.05) is 0 Å². The van der Waals surface area contributed by atoms with Crippen LogP contribution in [0.25, 0.3) is 0 Å². The minimum absolute atomic E-state index is 0.141. The Morgan fingerprint density at radius 3 is 2.40 bits per heavy atom. The summed E-state index contributed by atoms with van der Waals surface area (Å²) < 4.78 is 49.6. The Morgan fingerprint density at radius 1 is 1.35 bits per heavy atom. The fourth-order valence-corrected chi connectivity index (χ4v) is 1.61. The van der Waals surface area contributed by atoms with Crippen LogP contribution in [0.5, 0.6) is 0 Å². The molecule has 0 saturated carbocycles. The molecule has 0 spiro atoms. The fourth-order valence-electron chi connectivity index (χ4n) is 1.37. The van der Waals surface area contributed by atoms with Gasteiger partial charge in [0.15, 0.2) is 0 Å². The van der Waals surface area contributed by atoms with Gasteiger partial charge in [0.1, 0.15) is 11.9 Å². The standard InChI is InChI=1S/C11H8ClF4NO3/c12-6-2-1-3-7(13)5(6)4-8(9(18)19)17-10(20)11(14,15)16/h1-3,8H,4H2,(H,17,20)(H,18,19). The molecule has 4 nitrogen and oxygen atoms in total. The van der Waals surface area contributed by atoms with E-state index >= 15 is 0 Å². The van der Waals surface area contributed by atoms with Gasteiger partial charge in [-0.15, -0.1) is 0 Å². The number of carbonyl (C=O) groups is 2. The number of aliphatic carboxylic acids is 1. The number of benzene rings is 1. The van der Waals surface area contributed by atoms with E-state index in [9.17, 15) is 27.2 Å². The molecular formula is C11H8ClF4NO3. The van der Waals surface area contributed by atoms with E-state index in [-0.39, 0.29) is 10.6 Å². The van der Waals surface area contributed by atoms with Gasteiger partial charge in [-0.25, -0.2) is 9.18 Å². The van der Waals surface area contributed by atoms with Crippen molar-refractivity contribution in [3.8, 4) is 0 Å². The molecule has 1 aromatic carbocycles. The van der Waals surface area contributed by atoms with Gasteiger partial charge in [-0.2, -0.15) is 13.2 Å². The van der Waals surface area contributed by atoms with Crippen molar-refractivity contribution in [2.45, 2.75) is 18.6 Å². The van der Waals surface area contributed by atoms with Gasteiger partial charge in [-0.1, -0.05) is 17.7 Å². The first-order chi connectivity index (χ1) is 9.12. The van der Waals surface area contributed by atoms with Crippen LogP contribution in [-0.4, -0.2) is 29.2 Å². The molecule has 1 rings (SSSR count). The number of carboxylic acid groups (broad SMARTS) is 1. The van der Waals surface area contributed by atoms with Crippen LogP contribution in [0.2, 0.25) is 5.02 Å². The first kappa shape index (κ1) is 16.2. The molecule has 0 aliphatic heterocycles. The van der Waals surface area contributed by atoms with E-state index in [4.69, 9.17) is 16.7 Å². The number of nitrogens with one attached hydrogen (secondary N) is 1. The molecule has 1 aromatic rings. The van der Waals surface area contributed by atoms with Crippen LogP contribution >= 0.6 is 11.6 Å². The maximum atomic E-state index is 13.4. The second-order valence-electron chi connectivity index (χ2n) is 3.77. The van der Waals surface area contributed by atoms with E-state index in [1.807, 2.05) is 0 Å². The third-order valence-electron chi connectivity index (χ3n) is 2.33. The number of carboxylic acids is 1. The fraction of sp³-hybridized carbons (Fsp3) is 0.273. The summed E-state index contributed by atoms with van der Waals surface area (Å²) in [4.78, 5) is 21.6. The Hall–Kier alpha value is -1.83. The Balaban J connectivity index is 2.94. The van der Waals surface area contributed by atoms with Gasteiger partial charge < -0.3 is 10.4 Å². The first-order valence-electron chi connectivity index (χ1n) is 5.16. The molecule has 20 heavy (non-hydrogen) atoms. The number of rotatable bonds is 4. The number of carbonyl (C=O) groups excluding carboxylic acids is 1. The third kappa shape index (κ3) is 4.09. The molecule has 0 saturated heterocycles. The molecular weight excluding hydrogens is 306 g/mol. The number of alkyl halides is 3. The monoisotopic (exact) mass is 313 g/mol. The summed E-state index contributed by atoms with van der Waals surface area (Å²) in [5, 5.41) is 9.91. The zero-order valence-corrected chi connectivity index (χ0v) is 10.4. The summed E-state index contributed by atoms with van der Waals surface area (Å²) in [6, 6.07) is 1.54. The number of hydrogen-bond donors (Lipinski definition) is 2. The Morgan fingerprint density at radius 2 is 1.95 bits per heavy atom. The predicted molar refractivity (Wildman–Crippen MR) is 60.7 cm³/mol. The molecule has 1 amide bonds. The van der Waals surface area contributed by atoms with Crippen molar-refractivity contribution in [2.24, 2.45) is 0 Å². The van der Waals surface area contributed by atoms with Crippen molar-refractivity contribution in [3.05, 3.63) is 34.6 Å². The highest BCUT2D eigenvalue weighted by atomic mass is 35.5. The molecule has 110 valence electrons. The highest BCUT2D eigenvalue weighted by Crippen LogP contribution is 2.21. The molecule has 9 heteroatoms. The van der Waals surface area contributed by atoms with Gasteiger partial charge in [0.25, 0.3) is 0 Å². The Labute approximate surface area is 115 Å². The molecule has 0 aromatic heterocycles. The number of amides is 1. The average molecular weight is 314 g/mol. The molecule has 0 fully saturated rings. The average Bonchev–Trinajstić information content (AvgIpc) is 2.30.